The van der Waals surface area contributed by atoms with Crippen LogP contribution in [-0.4, -0.2) is 19.6 Å². The quantitative estimate of drug-likeness (QED) is 0.139. The van der Waals surface area contributed by atoms with Gasteiger partial charge < -0.3 is 5.11 Å². The Morgan fingerprint density at radius 2 is 1.16 bits per heavy atom. The maximum absolute atomic E-state index is 12.3. The molecule has 10 rings (SSSR count). The van der Waals surface area contributed by atoms with E-state index < -0.39 is 13.7 Å². The van der Waals surface area contributed by atoms with Gasteiger partial charge in [-0.05, 0) is 117 Å². The number of fused-ring (bicyclic) bond motifs is 1. The zero-order valence-electron chi connectivity index (χ0n) is 43.7. The van der Waals surface area contributed by atoms with Crippen molar-refractivity contribution in [2.24, 2.45) is 0 Å². The van der Waals surface area contributed by atoms with E-state index in [2.05, 4.69) is 86.6 Å². The van der Waals surface area contributed by atoms with E-state index in [0.29, 0.717) is 33.7 Å². The molecule has 0 unspecified atom stereocenters. The third-order valence-electron chi connectivity index (χ3n) is 12.5. The van der Waals surface area contributed by atoms with Gasteiger partial charge in [0.25, 0.3) is 0 Å². The maximum Gasteiger partial charge on any atom is 0.148 e. The van der Waals surface area contributed by atoms with E-state index in [4.69, 9.17) is 18.2 Å². The predicted molar refractivity (Wildman–Crippen MR) is 275 cm³/mol. The van der Waals surface area contributed by atoms with Gasteiger partial charge in [0.15, 0.2) is 0 Å². The monoisotopic (exact) mass is 1060 g/mol. The number of imidazole rings is 1. The fourth-order valence-electron chi connectivity index (χ4n) is 8.88. The van der Waals surface area contributed by atoms with Crippen molar-refractivity contribution in [3.8, 4) is 89.7 Å². The zero-order chi connectivity index (χ0) is 50.5. The van der Waals surface area contributed by atoms with E-state index in [1.165, 1.54) is 6.07 Å². The third kappa shape index (κ3) is 8.83. The number of pyridine rings is 1. The SMILES string of the molecule is [2H]C([2H])([2H])c1cc(-n2c(-c3cc(C(C)C)cc(C(C)C)c3O)nc3c(-c4[c-]c(-c5cc(-c6ccc(-c7ccccc7)cc6)ccn5)cc(-c5ccccc5)c4)cccc32)cc(-c2ccccc2)c1C([2H])([2H])[2H].[Pt]. The Hall–Kier alpha value is -7.13. The average Bonchev–Trinajstić information content (AvgIpc) is 3.78. The molecule has 67 heavy (non-hydrogen) atoms. The van der Waals surface area contributed by atoms with Crippen molar-refractivity contribution >= 4 is 11.0 Å². The van der Waals surface area contributed by atoms with Gasteiger partial charge in [-0.15, -0.1) is 23.8 Å². The molecule has 5 heteroatoms. The minimum Gasteiger partial charge on any atom is -0.507 e. The smallest absolute Gasteiger partial charge is 0.148 e. The van der Waals surface area contributed by atoms with Gasteiger partial charge in [0.05, 0.1) is 16.6 Å². The summed E-state index contributed by atoms with van der Waals surface area (Å²) >= 11 is 0. The van der Waals surface area contributed by atoms with Gasteiger partial charge in [-0.1, -0.05) is 184 Å². The molecule has 332 valence electrons. The van der Waals surface area contributed by atoms with Crippen molar-refractivity contribution < 1.29 is 34.4 Å². The first-order valence-electron chi connectivity index (χ1n) is 25.4. The van der Waals surface area contributed by atoms with Gasteiger partial charge in [0.2, 0.25) is 0 Å². The molecule has 4 nitrogen and oxygen atoms in total. The van der Waals surface area contributed by atoms with Crippen LogP contribution in [0.4, 0.5) is 0 Å². The van der Waals surface area contributed by atoms with Gasteiger partial charge >= 0.3 is 0 Å². The van der Waals surface area contributed by atoms with E-state index in [-0.39, 0.29) is 55.3 Å². The molecular formula is C62H52N3OPt-. The van der Waals surface area contributed by atoms with Crippen molar-refractivity contribution in [1.29, 1.82) is 0 Å². The summed E-state index contributed by atoms with van der Waals surface area (Å²) in [5.41, 5.74) is 13.3. The predicted octanol–water partition coefficient (Wildman–Crippen LogP) is 16.5. The topological polar surface area (TPSA) is 50.9 Å². The Morgan fingerprint density at radius 1 is 0.537 bits per heavy atom. The number of nitrogens with zero attached hydrogens (tertiary/aromatic N) is 3. The number of phenols is 1. The Balaban J connectivity index is 0.00000656. The van der Waals surface area contributed by atoms with Crippen LogP contribution in [-0.2, 0) is 21.1 Å². The number of benzene rings is 8. The van der Waals surface area contributed by atoms with Gasteiger partial charge in [0, 0.05) is 46.9 Å². The molecule has 0 bridgehead atoms. The number of aromatic hydroxyl groups is 1. The van der Waals surface area contributed by atoms with E-state index in [1.807, 2.05) is 103 Å². The Morgan fingerprint density at radius 3 is 1.81 bits per heavy atom. The molecule has 8 aromatic carbocycles. The number of para-hydroxylation sites is 1. The fraction of sp³-hybridized carbons (Fsp3) is 0.129. The average molecular weight is 1060 g/mol. The molecule has 0 amide bonds. The maximum atomic E-state index is 12.3. The van der Waals surface area contributed by atoms with Crippen molar-refractivity contribution in [1.82, 2.24) is 14.5 Å². The van der Waals surface area contributed by atoms with Crippen LogP contribution < -0.4 is 0 Å². The summed E-state index contributed by atoms with van der Waals surface area (Å²) in [5, 5.41) is 12.3. The van der Waals surface area contributed by atoms with E-state index in [1.54, 1.807) is 30.3 Å². The fourth-order valence-corrected chi connectivity index (χ4v) is 8.88. The first kappa shape index (κ1) is 38.0. The standard InChI is InChI=1S/C62H52N3O.Pt/c1-39(2)49-35-55(40(3)4)61(66)57(36-49)62-64-60-54(23-16-24-59(60)65(62)53-31-41(5)42(6)56(38-53)47-21-14-9-15-22-47)51-32-50(44-19-12-8-13-20-44)33-52(34-51)58-37-48(29-30-63-58)46-27-25-45(26-28-46)43-17-10-7-11-18-43;/h7-33,35-40,66H,1-6H3;/q-1;/i5D3,6D3;. The molecule has 1 N–H and O–H groups in total. The van der Waals surface area contributed by atoms with E-state index in [0.717, 1.165) is 66.9 Å². The summed E-state index contributed by atoms with van der Waals surface area (Å²) in [7, 11) is 0. The van der Waals surface area contributed by atoms with Gasteiger partial charge in [0.1, 0.15) is 11.6 Å². The van der Waals surface area contributed by atoms with Gasteiger partial charge in [-0.2, -0.15) is 0 Å². The van der Waals surface area contributed by atoms with Crippen molar-refractivity contribution in [2.75, 3.05) is 0 Å². The normalized spacial score (nSPS) is 13.0. The first-order valence-corrected chi connectivity index (χ1v) is 22.4. The number of hydrogen-bond donors (Lipinski definition) is 1. The second-order valence-electron chi connectivity index (χ2n) is 17.5. The molecule has 2 aromatic heterocycles. The summed E-state index contributed by atoms with van der Waals surface area (Å²) in [6, 6.07) is 63.1. The molecule has 0 radical (unpaired) electrons. The second-order valence-corrected chi connectivity index (χ2v) is 17.5. The van der Waals surface area contributed by atoms with Gasteiger partial charge in [-0.25, -0.2) is 4.98 Å². The van der Waals surface area contributed by atoms with Crippen molar-refractivity contribution in [2.45, 2.75) is 53.2 Å². The summed E-state index contributed by atoms with van der Waals surface area (Å²) in [5.74, 6) is 0.473. The molecular weight excluding hydrogens is 998 g/mol. The molecule has 0 fully saturated rings. The minimum atomic E-state index is -2.81. The molecule has 2 heterocycles. The molecule has 0 saturated carbocycles. The van der Waals surface area contributed by atoms with Crippen LogP contribution in [0.5, 0.6) is 5.75 Å². The van der Waals surface area contributed by atoms with E-state index >= 15 is 0 Å². The molecule has 0 atom stereocenters. The van der Waals surface area contributed by atoms with Crippen LogP contribution in [0.25, 0.3) is 95.0 Å². The first-order chi connectivity index (χ1) is 34.5. The summed E-state index contributed by atoms with van der Waals surface area (Å²) in [6.07, 6.45) is 1.82. The number of aryl methyl sites for hydroxylation is 1. The van der Waals surface area contributed by atoms with Crippen LogP contribution >= 0.6 is 0 Å². The second kappa shape index (κ2) is 19.0. The van der Waals surface area contributed by atoms with Crippen LogP contribution in [0.2, 0.25) is 0 Å². The summed E-state index contributed by atoms with van der Waals surface area (Å²) < 4.78 is 54.3. The van der Waals surface area contributed by atoms with Crippen LogP contribution in [0.15, 0.2) is 188 Å². The number of hydrogen-bond acceptors (Lipinski definition) is 3. The number of aromatic nitrogens is 3. The van der Waals surface area contributed by atoms with Gasteiger partial charge in [-0.3, -0.25) is 9.55 Å². The summed E-state index contributed by atoms with van der Waals surface area (Å²) in [4.78, 5) is 10.4. The largest absolute Gasteiger partial charge is 0.507 e. The Bertz CT molecular complexity index is 3610. The molecule has 0 aliphatic rings. The number of phenolic OH excluding ortho intramolecular Hbond substituents is 1. The van der Waals surface area contributed by atoms with Crippen LogP contribution in [0.1, 0.15) is 70.0 Å². The summed E-state index contributed by atoms with van der Waals surface area (Å²) in [6.45, 7) is 2.69. The Kier molecular flexibility index (Phi) is 10.8. The van der Waals surface area contributed by atoms with Crippen molar-refractivity contribution in [3.05, 3.63) is 217 Å². The third-order valence-corrected chi connectivity index (χ3v) is 12.5. The number of rotatable bonds is 10. The Labute approximate surface area is 417 Å². The van der Waals surface area contributed by atoms with Crippen LogP contribution in [0, 0.1) is 19.8 Å². The zero-order valence-corrected chi connectivity index (χ0v) is 39.9. The van der Waals surface area contributed by atoms with E-state index in [9.17, 15) is 5.11 Å². The van der Waals surface area contributed by atoms with Crippen LogP contribution in [0.3, 0.4) is 0 Å². The molecule has 0 spiro atoms. The van der Waals surface area contributed by atoms with Crippen molar-refractivity contribution in [3.63, 3.8) is 0 Å². The molecule has 0 aliphatic carbocycles. The molecule has 0 aliphatic heterocycles. The minimum absolute atomic E-state index is 0. The molecule has 10 aromatic rings. The molecule has 0 saturated heterocycles.